The number of rotatable bonds is 6. The lowest BCUT2D eigenvalue weighted by Gasteiger charge is -2.19. The summed E-state index contributed by atoms with van der Waals surface area (Å²) in [5, 5.41) is 8.54. The summed E-state index contributed by atoms with van der Waals surface area (Å²) in [6.07, 6.45) is 1.54. The smallest absolute Gasteiger partial charge is 0.331 e. The van der Waals surface area contributed by atoms with Crippen LogP contribution in [0.25, 0.3) is 0 Å². The lowest BCUT2D eigenvalue weighted by molar-refractivity contribution is -0.132. The molecule has 0 saturated heterocycles. The van der Waals surface area contributed by atoms with E-state index in [0.29, 0.717) is 25.4 Å². The van der Waals surface area contributed by atoms with E-state index in [4.69, 9.17) is 14.6 Å². The average molecular weight is 216 g/mol. The molecule has 0 fully saturated rings. The molecule has 0 bridgehead atoms. The van der Waals surface area contributed by atoms with Crippen LogP contribution in [0.2, 0.25) is 0 Å². The predicted octanol–water partition coefficient (Wildman–Crippen LogP) is 1.85. The Bertz CT molecular complexity index is 225. The summed E-state index contributed by atoms with van der Waals surface area (Å²) in [6.45, 7) is 8.76. The fourth-order valence-corrected chi connectivity index (χ4v) is 0.761. The summed E-state index contributed by atoms with van der Waals surface area (Å²) >= 11 is 0. The zero-order chi connectivity index (χ0) is 11.9. The van der Waals surface area contributed by atoms with Crippen molar-refractivity contribution in [2.75, 3.05) is 19.8 Å². The van der Waals surface area contributed by atoms with Gasteiger partial charge in [0.05, 0.1) is 25.4 Å². The highest BCUT2D eigenvalue weighted by molar-refractivity contribution is 5.85. The van der Waals surface area contributed by atoms with Crippen molar-refractivity contribution in [1.82, 2.24) is 0 Å². The first-order valence-corrected chi connectivity index (χ1v) is 4.94. The summed E-state index contributed by atoms with van der Waals surface area (Å²) in [4.78, 5) is 10.4. The van der Waals surface area contributed by atoms with Crippen LogP contribution < -0.4 is 0 Å². The highest BCUT2D eigenvalue weighted by Crippen LogP contribution is 2.05. The second kappa shape index (κ2) is 6.58. The van der Waals surface area contributed by atoms with E-state index in [1.165, 1.54) is 6.92 Å². The first-order valence-electron chi connectivity index (χ1n) is 4.94. The minimum atomic E-state index is -0.912. The summed E-state index contributed by atoms with van der Waals surface area (Å²) < 4.78 is 10.6. The van der Waals surface area contributed by atoms with Crippen LogP contribution in [0.1, 0.15) is 27.7 Å². The average Bonchev–Trinajstić information content (AvgIpc) is 2.08. The van der Waals surface area contributed by atoms with Crippen LogP contribution in [0.15, 0.2) is 11.6 Å². The zero-order valence-corrected chi connectivity index (χ0v) is 9.87. The first kappa shape index (κ1) is 14.1. The molecule has 4 nitrogen and oxygen atoms in total. The third-order valence-electron chi connectivity index (χ3n) is 1.61. The van der Waals surface area contributed by atoms with Crippen molar-refractivity contribution < 1.29 is 19.4 Å². The molecular weight excluding hydrogens is 196 g/mol. The largest absolute Gasteiger partial charge is 0.478 e. The van der Waals surface area contributed by atoms with Gasteiger partial charge in [0, 0.05) is 5.57 Å². The van der Waals surface area contributed by atoms with Gasteiger partial charge in [-0.3, -0.25) is 0 Å². The normalized spacial score (nSPS) is 12.9. The highest BCUT2D eigenvalue weighted by atomic mass is 16.5. The number of hydrogen-bond donors (Lipinski definition) is 1. The minimum absolute atomic E-state index is 0.157. The number of aliphatic carboxylic acids is 1. The predicted molar refractivity (Wildman–Crippen MR) is 57.9 cm³/mol. The molecule has 88 valence electrons. The maximum absolute atomic E-state index is 10.4. The van der Waals surface area contributed by atoms with E-state index < -0.39 is 5.97 Å². The summed E-state index contributed by atoms with van der Waals surface area (Å²) in [6, 6.07) is 0. The molecule has 1 N–H and O–H groups in total. The summed E-state index contributed by atoms with van der Waals surface area (Å²) in [5.41, 5.74) is 0.141. The van der Waals surface area contributed by atoms with E-state index in [1.54, 1.807) is 6.08 Å². The van der Waals surface area contributed by atoms with Gasteiger partial charge in [0.1, 0.15) is 0 Å². The van der Waals surface area contributed by atoms with Crippen LogP contribution in [-0.4, -0.2) is 36.5 Å². The second-order valence-electron chi connectivity index (χ2n) is 4.23. The fraction of sp³-hybridized carbons (Fsp3) is 0.727. The van der Waals surface area contributed by atoms with E-state index in [9.17, 15) is 4.79 Å². The van der Waals surface area contributed by atoms with Gasteiger partial charge in [-0.1, -0.05) is 0 Å². The molecule has 0 saturated carbocycles. The van der Waals surface area contributed by atoms with Gasteiger partial charge < -0.3 is 14.6 Å². The number of carboxylic acid groups (broad SMARTS) is 1. The van der Waals surface area contributed by atoms with E-state index in [-0.39, 0.29) is 5.60 Å². The Morgan fingerprint density at radius 1 is 1.33 bits per heavy atom. The molecule has 0 aliphatic carbocycles. The zero-order valence-electron chi connectivity index (χ0n) is 9.87. The quantitative estimate of drug-likeness (QED) is 0.544. The molecule has 0 spiro atoms. The Labute approximate surface area is 90.9 Å². The molecule has 0 heterocycles. The Morgan fingerprint density at radius 2 is 1.93 bits per heavy atom. The maximum Gasteiger partial charge on any atom is 0.331 e. The SMILES string of the molecule is CC(=CCOCCOC(C)(C)C)C(=O)O. The van der Waals surface area contributed by atoms with Gasteiger partial charge in [-0.25, -0.2) is 4.79 Å². The standard InChI is InChI=1S/C11H20O4/c1-9(10(12)13)5-6-14-7-8-15-11(2,3)4/h5H,6-8H2,1-4H3,(H,12,13). The van der Waals surface area contributed by atoms with Crippen molar-refractivity contribution in [2.45, 2.75) is 33.3 Å². The third kappa shape index (κ3) is 9.43. The van der Waals surface area contributed by atoms with Crippen LogP contribution in [0.5, 0.6) is 0 Å². The molecule has 4 heteroatoms. The Morgan fingerprint density at radius 3 is 2.40 bits per heavy atom. The first-order chi connectivity index (χ1) is 6.83. The molecule has 0 aliphatic heterocycles. The van der Waals surface area contributed by atoms with Crippen LogP contribution in [0.3, 0.4) is 0 Å². The van der Waals surface area contributed by atoms with Crippen LogP contribution in [0, 0.1) is 0 Å². The molecule has 0 radical (unpaired) electrons. The number of carboxylic acids is 1. The lowest BCUT2D eigenvalue weighted by atomic mass is 10.2. The maximum atomic E-state index is 10.4. The molecule has 0 aliphatic rings. The topological polar surface area (TPSA) is 55.8 Å². The van der Waals surface area contributed by atoms with E-state index in [1.807, 2.05) is 20.8 Å². The number of hydrogen-bond acceptors (Lipinski definition) is 3. The van der Waals surface area contributed by atoms with Crippen molar-refractivity contribution >= 4 is 5.97 Å². The molecule has 0 aromatic rings. The van der Waals surface area contributed by atoms with E-state index in [0.717, 1.165) is 0 Å². The van der Waals surface area contributed by atoms with Crippen molar-refractivity contribution in [3.8, 4) is 0 Å². The number of ether oxygens (including phenoxy) is 2. The fourth-order valence-electron chi connectivity index (χ4n) is 0.761. The summed E-state index contributed by atoms with van der Waals surface area (Å²) in [5.74, 6) is -0.912. The Balaban J connectivity index is 3.48. The van der Waals surface area contributed by atoms with Crippen LogP contribution >= 0.6 is 0 Å². The van der Waals surface area contributed by atoms with Crippen LogP contribution in [-0.2, 0) is 14.3 Å². The molecule has 15 heavy (non-hydrogen) atoms. The molecule has 0 rings (SSSR count). The Hall–Kier alpha value is -0.870. The van der Waals surface area contributed by atoms with E-state index >= 15 is 0 Å². The molecule has 0 aromatic heterocycles. The Kier molecular flexibility index (Phi) is 6.20. The highest BCUT2D eigenvalue weighted by Gasteiger charge is 2.08. The van der Waals surface area contributed by atoms with Crippen molar-refractivity contribution in [3.63, 3.8) is 0 Å². The molecule has 0 atom stereocenters. The lowest BCUT2D eigenvalue weighted by Crippen LogP contribution is -2.21. The molecule has 0 amide bonds. The van der Waals surface area contributed by atoms with Gasteiger partial charge in [0.25, 0.3) is 0 Å². The van der Waals surface area contributed by atoms with Crippen LogP contribution in [0.4, 0.5) is 0 Å². The van der Waals surface area contributed by atoms with Gasteiger partial charge >= 0.3 is 5.97 Å². The molecular formula is C11H20O4. The van der Waals surface area contributed by atoms with Gasteiger partial charge in [0.2, 0.25) is 0 Å². The van der Waals surface area contributed by atoms with Gasteiger partial charge in [-0.2, -0.15) is 0 Å². The number of carbonyl (C=O) groups is 1. The molecule has 0 aromatic carbocycles. The van der Waals surface area contributed by atoms with Gasteiger partial charge in [-0.15, -0.1) is 0 Å². The summed E-state index contributed by atoms with van der Waals surface area (Å²) in [7, 11) is 0. The second-order valence-corrected chi connectivity index (χ2v) is 4.23. The van der Waals surface area contributed by atoms with Gasteiger partial charge in [-0.05, 0) is 33.8 Å². The van der Waals surface area contributed by atoms with Crippen molar-refractivity contribution in [2.24, 2.45) is 0 Å². The van der Waals surface area contributed by atoms with Crippen molar-refractivity contribution in [1.29, 1.82) is 0 Å². The third-order valence-corrected chi connectivity index (χ3v) is 1.61. The van der Waals surface area contributed by atoms with Crippen molar-refractivity contribution in [3.05, 3.63) is 11.6 Å². The van der Waals surface area contributed by atoms with Gasteiger partial charge in [0.15, 0.2) is 0 Å². The molecule has 0 unspecified atom stereocenters. The monoisotopic (exact) mass is 216 g/mol. The van der Waals surface area contributed by atoms with E-state index in [2.05, 4.69) is 0 Å². The minimum Gasteiger partial charge on any atom is -0.478 e.